The molecule has 1 nitrogen and oxygen atoms in total. The zero-order chi connectivity index (χ0) is 12.4. The summed E-state index contributed by atoms with van der Waals surface area (Å²) >= 11 is 11.0. The van der Waals surface area contributed by atoms with E-state index < -0.39 is 0 Å². The first-order valence-corrected chi connectivity index (χ1v) is 6.94. The van der Waals surface area contributed by atoms with Crippen molar-refractivity contribution in [2.45, 2.75) is 5.38 Å². The molecule has 2 aromatic rings. The van der Waals surface area contributed by atoms with Gasteiger partial charge in [-0.3, -0.25) is 0 Å². The zero-order valence-electron chi connectivity index (χ0n) is 8.91. The second kappa shape index (κ2) is 5.38. The lowest BCUT2D eigenvalue weighted by atomic mass is 10.1. The smallest absolute Gasteiger partial charge is 0.137 e. The van der Waals surface area contributed by atoms with Crippen molar-refractivity contribution in [3.8, 4) is 5.75 Å². The second-order valence-corrected chi connectivity index (χ2v) is 5.66. The van der Waals surface area contributed by atoms with Crippen molar-refractivity contribution in [3.05, 3.63) is 50.4 Å². The SMILES string of the molecule is COc1csc(C(Cl)c2ccc(F)c(Br)c2)c1. The normalized spacial score (nSPS) is 12.5. The number of hydrogen-bond acceptors (Lipinski definition) is 2. The first kappa shape index (κ1) is 12.9. The van der Waals surface area contributed by atoms with Crippen LogP contribution in [0.4, 0.5) is 4.39 Å². The van der Waals surface area contributed by atoms with Crippen molar-refractivity contribution in [2.24, 2.45) is 0 Å². The highest BCUT2D eigenvalue weighted by Crippen LogP contribution is 2.36. The maximum atomic E-state index is 13.1. The van der Waals surface area contributed by atoms with Gasteiger partial charge in [-0.2, -0.15) is 0 Å². The molecule has 1 unspecified atom stereocenters. The summed E-state index contributed by atoms with van der Waals surface area (Å²) in [6.07, 6.45) is 0. The molecule has 2 rings (SSSR count). The molecule has 0 amide bonds. The number of alkyl halides is 1. The summed E-state index contributed by atoms with van der Waals surface area (Å²) in [6.45, 7) is 0. The van der Waals surface area contributed by atoms with Crippen LogP contribution in [0.1, 0.15) is 15.8 Å². The van der Waals surface area contributed by atoms with Gasteiger partial charge in [-0.1, -0.05) is 6.07 Å². The topological polar surface area (TPSA) is 9.23 Å². The minimum absolute atomic E-state index is 0.290. The Morgan fingerprint density at radius 1 is 1.41 bits per heavy atom. The molecule has 1 aromatic carbocycles. The summed E-state index contributed by atoms with van der Waals surface area (Å²) < 4.78 is 18.6. The van der Waals surface area contributed by atoms with Crippen LogP contribution in [-0.4, -0.2) is 7.11 Å². The number of thiophene rings is 1. The van der Waals surface area contributed by atoms with E-state index in [1.165, 1.54) is 17.4 Å². The Bertz CT molecular complexity index is 529. The van der Waals surface area contributed by atoms with Gasteiger partial charge >= 0.3 is 0 Å². The van der Waals surface area contributed by atoms with Gasteiger partial charge in [-0.15, -0.1) is 22.9 Å². The zero-order valence-corrected chi connectivity index (χ0v) is 12.1. The van der Waals surface area contributed by atoms with E-state index in [4.69, 9.17) is 16.3 Å². The van der Waals surface area contributed by atoms with E-state index in [0.29, 0.717) is 4.47 Å². The van der Waals surface area contributed by atoms with Crippen LogP contribution in [0.25, 0.3) is 0 Å². The Labute approximate surface area is 116 Å². The van der Waals surface area contributed by atoms with Gasteiger partial charge in [0.15, 0.2) is 0 Å². The van der Waals surface area contributed by atoms with Crippen LogP contribution < -0.4 is 4.74 Å². The minimum Gasteiger partial charge on any atom is -0.496 e. The average molecular weight is 336 g/mol. The molecule has 0 saturated heterocycles. The van der Waals surface area contributed by atoms with Crippen LogP contribution in [0.15, 0.2) is 34.1 Å². The molecule has 5 heteroatoms. The lowest BCUT2D eigenvalue weighted by molar-refractivity contribution is 0.416. The van der Waals surface area contributed by atoms with Crippen molar-refractivity contribution in [3.63, 3.8) is 0 Å². The Morgan fingerprint density at radius 3 is 2.76 bits per heavy atom. The fraction of sp³-hybridized carbons (Fsp3) is 0.167. The standard InChI is InChI=1S/C12H9BrClFOS/c1-16-8-5-11(17-6-8)12(14)7-2-3-10(15)9(13)4-7/h2-6,12H,1H3. The molecule has 1 heterocycles. The molecule has 0 aliphatic heterocycles. The Hall–Kier alpha value is -0.580. The second-order valence-electron chi connectivity index (χ2n) is 3.43. The molecule has 0 N–H and O–H groups in total. The predicted molar refractivity (Wildman–Crippen MR) is 72.7 cm³/mol. The van der Waals surface area contributed by atoms with E-state index in [2.05, 4.69) is 15.9 Å². The molecule has 0 saturated carbocycles. The molecule has 1 atom stereocenters. The van der Waals surface area contributed by atoms with Gasteiger partial charge in [0.2, 0.25) is 0 Å². The highest BCUT2D eigenvalue weighted by Gasteiger charge is 2.15. The predicted octanol–water partition coefficient (Wildman–Crippen LogP) is 4.99. The first-order valence-electron chi connectivity index (χ1n) is 4.83. The maximum absolute atomic E-state index is 13.1. The monoisotopic (exact) mass is 334 g/mol. The number of benzene rings is 1. The minimum atomic E-state index is -0.291. The van der Waals surface area contributed by atoms with Gasteiger partial charge in [0.25, 0.3) is 0 Å². The summed E-state index contributed by atoms with van der Waals surface area (Å²) in [5.41, 5.74) is 0.851. The average Bonchev–Trinajstić information content (AvgIpc) is 2.80. The van der Waals surface area contributed by atoms with Crippen LogP contribution in [0.2, 0.25) is 0 Å². The van der Waals surface area contributed by atoms with Gasteiger partial charge in [-0.05, 0) is 39.7 Å². The molecule has 0 spiro atoms. The van der Waals surface area contributed by atoms with Gasteiger partial charge < -0.3 is 4.74 Å². The van der Waals surface area contributed by atoms with E-state index in [1.54, 1.807) is 19.2 Å². The highest BCUT2D eigenvalue weighted by molar-refractivity contribution is 9.10. The molecule has 1 aromatic heterocycles. The number of hydrogen-bond donors (Lipinski definition) is 0. The fourth-order valence-corrected chi connectivity index (χ4v) is 3.01. The summed E-state index contributed by atoms with van der Waals surface area (Å²) in [5.74, 6) is 0.498. The van der Waals surface area contributed by atoms with E-state index in [9.17, 15) is 4.39 Å². The number of ether oxygens (including phenoxy) is 1. The van der Waals surface area contributed by atoms with E-state index >= 15 is 0 Å². The Kier molecular flexibility index (Phi) is 4.07. The molecular weight excluding hydrogens is 327 g/mol. The van der Waals surface area contributed by atoms with Crippen LogP contribution in [0.3, 0.4) is 0 Å². The Balaban J connectivity index is 2.29. The number of methoxy groups -OCH3 is 1. The quantitative estimate of drug-likeness (QED) is 0.718. The third kappa shape index (κ3) is 2.81. The third-order valence-corrected chi connectivity index (χ3v) is 4.52. The summed E-state index contributed by atoms with van der Waals surface area (Å²) in [6, 6.07) is 6.67. The molecule has 0 bridgehead atoms. The highest BCUT2D eigenvalue weighted by atomic mass is 79.9. The number of rotatable bonds is 3. The van der Waals surface area contributed by atoms with Crippen LogP contribution >= 0.6 is 38.9 Å². The molecule has 0 radical (unpaired) electrons. The molecular formula is C12H9BrClFOS. The van der Waals surface area contributed by atoms with Gasteiger partial charge in [0.1, 0.15) is 11.6 Å². The van der Waals surface area contributed by atoms with Gasteiger partial charge in [0, 0.05) is 10.3 Å². The lowest BCUT2D eigenvalue weighted by Gasteiger charge is -2.08. The lowest BCUT2D eigenvalue weighted by Crippen LogP contribution is -1.91. The van der Waals surface area contributed by atoms with Crippen molar-refractivity contribution in [2.75, 3.05) is 7.11 Å². The molecule has 90 valence electrons. The van der Waals surface area contributed by atoms with Crippen molar-refractivity contribution in [1.29, 1.82) is 0 Å². The summed E-state index contributed by atoms with van der Waals surface area (Å²) in [5, 5.41) is 1.60. The van der Waals surface area contributed by atoms with Crippen molar-refractivity contribution < 1.29 is 9.13 Å². The maximum Gasteiger partial charge on any atom is 0.137 e. The van der Waals surface area contributed by atoms with E-state index in [-0.39, 0.29) is 11.2 Å². The van der Waals surface area contributed by atoms with Gasteiger partial charge in [0.05, 0.1) is 17.0 Å². The molecule has 0 fully saturated rings. The fourth-order valence-electron chi connectivity index (χ4n) is 1.41. The molecule has 17 heavy (non-hydrogen) atoms. The number of halogens is 3. The molecule has 0 aliphatic rings. The van der Waals surface area contributed by atoms with Crippen molar-refractivity contribution in [1.82, 2.24) is 0 Å². The summed E-state index contributed by atoms with van der Waals surface area (Å²) in [4.78, 5) is 0.974. The van der Waals surface area contributed by atoms with E-state index in [0.717, 1.165) is 16.2 Å². The first-order chi connectivity index (χ1) is 8.11. The third-order valence-electron chi connectivity index (χ3n) is 2.32. The van der Waals surface area contributed by atoms with Crippen LogP contribution in [0.5, 0.6) is 5.75 Å². The van der Waals surface area contributed by atoms with Crippen LogP contribution in [0, 0.1) is 5.82 Å². The van der Waals surface area contributed by atoms with Crippen LogP contribution in [-0.2, 0) is 0 Å². The van der Waals surface area contributed by atoms with E-state index in [1.807, 2.05) is 11.4 Å². The summed E-state index contributed by atoms with van der Waals surface area (Å²) in [7, 11) is 1.61. The molecule has 0 aliphatic carbocycles. The van der Waals surface area contributed by atoms with Crippen molar-refractivity contribution >= 4 is 38.9 Å². The van der Waals surface area contributed by atoms with Gasteiger partial charge in [-0.25, -0.2) is 4.39 Å². The Morgan fingerprint density at radius 2 is 2.18 bits per heavy atom. The largest absolute Gasteiger partial charge is 0.496 e.